The normalized spacial score (nSPS) is 12.8. The number of ether oxygens (including phenoxy) is 2. The van der Waals surface area contributed by atoms with Gasteiger partial charge in [0.2, 0.25) is 0 Å². The second kappa shape index (κ2) is 11.8. The average molecular weight is 371 g/mol. The van der Waals surface area contributed by atoms with Crippen molar-refractivity contribution < 1.29 is 14.3 Å². The van der Waals surface area contributed by atoms with E-state index in [1.165, 1.54) is 11.3 Å². The first-order valence-corrected chi connectivity index (χ1v) is 9.54. The summed E-state index contributed by atoms with van der Waals surface area (Å²) >= 11 is 1.36. The maximum absolute atomic E-state index is 11.9. The Kier molecular flexibility index (Phi) is 10.1. The van der Waals surface area contributed by atoms with Gasteiger partial charge in [0.1, 0.15) is 9.88 Å². The van der Waals surface area contributed by atoms with Gasteiger partial charge < -0.3 is 20.1 Å². The smallest absolute Gasteiger partial charge is 0.350 e. The number of nitrogens with zero attached hydrogens (tertiary/aromatic N) is 2. The molecule has 2 N–H and O–H groups in total. The number of hydrogen-bond donors (Lipinski definition) is 2. The molecule has 1 atom stereocenters. The van der Waals surface area contributed by atoms with Crippen molar-refractivity contribution in [2.75, 3.05) is 33.4 Å². The summed E-state index contributed by atoms with van der Waals surface area (Å²) in [5.74, 6) is 0.405. The third-order valence-corrected chi connectivity index (χ3v) is 4.75. The maximum atomic E-state index is 11.9. The van der Waals surface area contributed by atoms with Crippen molar-refractivity contribution in [3.8, 4) is 0 Å². The third kappa shape index (κ3) is 7.39. The first-order valence-electron chi connectivity index (χ1n) is 8.72. The van der Waals surface area contributed by atoms with E-state index in [0.717, 1.165) is 43.6 Å². The van der Waals surface area contributed by atoms with Gasteiger partial charge in [-0.25, -0.2) is 9.78 Å². The van der Waals surface area contributed by atoms with Crippen molar-refractivity contribution in [2.24, 2.45) is 4.99 Å². The fourth-order valence-electron chi connectivity index (χ4n) is 2.13. The lowest BCUT2D eigenvalue weighted by atomic mass is 10.3. The van der Waals surface area contributed by atoms with E-state index in [-0.39, 0.29) is 12.0 Å². The Morgan fingerprint density at radius 2 is 2.08 bits per heavy atom. The highest BCUT2D eigenvalue weighted by Crippen LogP contribution is 2.24. The molecule has 7 nitrogen and oxygen atoms in total. The van der Waals surface area contributed by atoms with Crippen LogP contribution < -0.4 is 10.6 Å². The van der Waals surface area contributed by atoms with Crippen molar-refractivity contribution in [3.05, 3.63) is 15.6 Å². The molecule has 0 bridgehead atoms. The lowest BCUT2D eigenvalue weighted by Gasteiger charge is -2.16. The number of unbranched alkanes of at least 4 members (excludes halogenated alkanes) is 1. The van der Waals surface area contributed by atoms with E-state index in [0.29, 0.717) is 17.2 Å². The van der Waals surface area contributed by atoms with Crippen LogP contribution in [0.3, 0.4) is 0 Å². The van der Waals surface area contributed by atoms with E-state index >= 15 is 0 Å². The maximum Gasteiger partial charge on any atom is 0.350 e. The number of hydrogen-bond acceptors (Lipinski definition) is 6. The Bertz CT molecular complexity index is 560. The van der Waals surface area contributed by atoms with Crippen molar-refractivity contribution >= 4 is 23.3 Å². The van der Waals surface area contributed by atoms with Crippen molar-refractivity contribution in [1.29, 1.82) is 0 Å². The molecule has 1 aromatic rings. The molecule has 25 heavy (non-hydrogen) atoms. The zero-order chi connectivity index (χ0) is 18.7. The molecule has 142 valence electrons. The van der Waals surface area contributed by atoms with Crippen LogP contribution in [0.5, 0.6) is 0 Å². The van der Waals surface area contributed by atoms with Crippen LogP contribution in [0.4, 0.5) is 0 Å². The minimum absolute atomic E-state index is 0.0542. The summed E-state index contributed by atoms with van der Waals surface area (Å²) in [6.45, 7) is 10.3. The van der Waals surface area contributed by atoms with Gasteiger partial charge >= 0.3 is 5.97 Å². The first kappa shape index (κ1) is 21.4. The lowest BCUT2D eigenvalue weighted by Crippen LogP contribution is -2.39. The molecule has 0 aromatic carbocycles. The number of esters is 1. The molecule has 0 aliphatic heterocycles. The number of carbonyl (C=O) groups is 1. The quantitative estimate of drug-likeness (QED) is 0.285. The Morgan fingerprint density at radius 3 is 2.72 bits per heavy atom. The van der Waals surface area contributed by atoms with Gasteiger partial charge in [0.05, 0.1) is 18.3 Å². The molecule has 1 rings (SSSR count). The number of rotatable bonds is 10. The summed E-state index contributed by atoms with van der Waals surface area (Å²) in [6, 6.07) is -0.0542. The Morgan fingerprint density at radius 1 is 1.32 bits per heavy atom. The predicted octanol–water partition coefficient (Wildman–Crippen LogP) is 2.67. The number of thiazole rings is 1. The molecule has 0 aliphatic rings. The SMILES string of the molecule is CCOCCCCNC(=NC)NC(C)c1nc(C)c(C(=O)OCC)s1. The van der Waals surface area contributed by atoms with Crippen LogP contribution in [-0.2, 0) is 9.47 Å². The molecular weight excluding hydrogens is 340 g/mol. The summed E-state index contributed by atoms with van der Waals surface area (Å²) in [5, 5.41) is 7.41. The van der Waals surface area contributed by atoms with E-state index in [2.05, 4.69) is 20.6 Å². The highest BCUT2D eigenvalue weighted by atomic mass is 32.1. The molecule has 1 aromatic heterocycles. The molecule has 8 heteroatoms. The van der Waals surface area contributed by atoms with E-state index in [1.54, 1.807) is 14.0 Å². The van der Waals surface area contributed by atoms with E-state index in [9.17, 15) is 4.79 Å². The Labute approximate surface area is 154 Å². The van der Waals surface area contributed by atoms with Crippen LogP contribution in [0, 0.1) is 6.92 Å². The van der Waals surface area contributed by atoms with Gasteiger partial charge in [0.25, 0.3) is 0 Å². The van der Waals surface area contributed by atoms with Gasteiger partial charge in [-0.1, -0.05) is 0 Å². The molecule has 1 heterocycles. The molecule has 0 saturated carbocycles. The number of aliphatic imine (C=N–C) groups is 1. The molecule has 0 spiro atoms. The standard InChI is InChI=1S/C17H30N4O3S/c1-6-23-11-9-8-10-19-17(18-5)21-13(4)15-20-12(3)14(25-15)16(22)24-7-2/h13H,6-11H2,1-5H3,(H2,18,19,21). The molecule has 0 fully saturated rings. The number of aryl methyl sites for hydroxylation is 1. The van der Waals surface area contributed by atoms with Gasteiger partial charge in [0, 0.05) is 26.8 Å². The third-order valence-electron chi connectivity index (χ3n) is 3.43. The summed E-state index contributed by atoms with van der Waals surface area (Å²) in [4.78, 5) is 21.2. The monoisotopic (exact) mass is 370 g/mol. The first-order chi connectivity index (χ1) is 12.0. The Hall–Kier alpha value is -1.67. The van der Waals surface area contributed by atoms with Crippen molar-refractivity contribution in [3.63, 3.8) is 0 Å². The molecule has 1 unspecified atom stereocenters. The summed E-state index contributed by atoms with van der Waals surface area (Å²) < 4.78 is 10.4. The summed E-state index contributed by atoms with van der Waals surface area (Å²) in [5.41, 5.74) is 0.700. The van der Waals surface area contributed by atoms with Gasteiger partial charge in [-0.2, -0.15) is 0 Å². The van der Waals surface area contributed by atoms with Crippen LogP contribution in [-0.4, -0.2) is 50.3 Å². The van der Waals surface area contributed by atoms with E-state index in [4.69, 9.17) is 9.47 Å². The van der Waals surface area contributed by atoms with Crippen molar-refractivity contribution in [2.45, 2.75) is 46.6 Å². The van der Waals surface area contributed by atoms with E-state index in [1.807, 2.05) is 20.8 Å². The van der Waals surface area contributed by atoms with Crippen LogP contribution in [0.1, 0.15) is 60.0 Å². The number of nitrogens with one attached hydrogen (secondary N) is 2. The van der Waals surface area contributed by atoms with E-state index < -0.39 is 0 Å². The topological polar surface area (TPSA) is 84.8 Å². The molecule has 0 saturated heterocycles. The van der Waals surface area contributed by atoms with Crippen molar-refractivity contribution in [1.82, 2.24) is 15.6 Å². The predicted molar refractivity (Wildman–Crippen MR) is 101 cm³/mol. The average Bonchev–Trinajstić information content (AvgIpc) is 2.99. The van der Waals surface area contributed by atoms with Gasteiger partial charge in [0.15, 0.2) is 5.96 Å². The van der Waals surface area contributed by atoms with Gasteiger partial charge in [-0.3, -0.25) is 4.99 Å². The number of carbonyl (C=O) groups excluding carboxylic acids is 1. The Balaban J connectivity index is 2.51. The minimum atomic E-state index is -0.312. The van der Waals surface area contributed by atoms with Crippen LogP contribution in [0.15, 0.2) is 4.99 Å². The largest absolute Gasteiger partial charge is 0.462 e. The number of aromatic nitrogens is 1. The molecule has 0 radical (unpaired) electrons. The summed E-state index contributed by atoms with van der Waals surface area (Å²) in [6.07, 6.45) is 2.03. The molecule has 0 aliphatic carbocycles. The highest BCUT2D eigenvalue weighted by Gasteiger charge is 2.19. The fraction of sp³-hybridized carbons (Fsp3) is 0.706. The lowest BCUT2D eigenvalue weighted by molar-refractivity contribution is 0.0531. The van der Waals surface area contributed by atoms with Gasteiger partial charge in [-0.15, -0.1) is 11.3 Å². The fourth-order valence-corrected chi connectivity index (χ4v) is 3.09. The zero-order valence-electron chi connectivity index (χ0n) is 15.8. The summed E-state index contributed by atoms with van der Waals surface area (Å²) in [7, 11) is 1.74. The second-order valence-electron chi connectivity index (χ2n) is 5.46. The second-order valence-corrected chi connectivity index (χ2v) is 6.49. The molecule has 0 amide bonds. The van der Waals surface area contributed by atoms with Crippen LogP contribution >= 0.6 is 11.3 Å². The zero-order valence-corrected chi connectivity index (χ0v) is 16.7. The molecular formula is C17H30N4O3S. The van der Waals surface area contributed by atoms with Crippen LogP contribution in [0.2, 0.25) is 0 Å². The van der Waals surface area contributed by atoms with Gasteiger partial charge in [-0.05, 0) is 40.5 Å². The minimum Gasteiger partial charge on any atom is -0.462 e. The highest BCUT2D eigenvalue weighted by molar-refractivity contribution is 7.13. The number of guanidine groups is 1. The van der Waals surface area contributed by atoms with Crippen LogP contribution in [0.25, 0.3) is 0 Å².